The van der Waals surface area contributed by atoms with Crippen molar-refractivity contribution in [1.82, 2.24) is 9.88 Å². The molecule has 1 heterocycles. The molecule has 0 fully saturated rings. The highest BCUT2D eigenvalue weighted by atomic mass is 32.1. The van der Waals surface area contributed by atoms with Crippen molar-refractivity contribution in [2.24, 2.45) is 0 Å². The summed E-state index contributed by atoms with van der Waals surface area (Å²) in [7, 11) is 1.80. The zero-order valence-corrected chi connectivity index (χ0v) is 14.6. The van der Waals surface area contributed by atoms with Gasteiger partial charge in [0.05, 0.1) is 18.8 Å². The van der Waals surface area contributed by atoms with E-state index in [0.717, 1.165) is 16.1 Å². The molecule has 0 bridgehead atoms. The molecule has 6 heteroatoms. The average molecular weight is 333 g/mol. The van der Waals surface area contributed by atoms with Gasteiger partial charge < -0.3 is 10.4 Å². The van der Waals surface area contributed by atoms with E-state index in [-0.39, 0.29) is 19.1 Å². The zero-order chi connectivity index (χ0) is 16.8. The Bertz CT molecular complexity index is 641. The molecular formula is C17H23N3O2S. The van der Waals surface area contributed by atoms with Crippen molar-refractivity contribution in [3.8, 4) is 11.3 Å². The third kappa shape index (κ3) is 4.86. The van der Waals surface area contributed by atoms with Crippen LogP contribution < -0.4 is 5.32 Å². The van der Waals surface area contributed by atoms with Gasteiger partial charge in [-0.2, -0.15) is 0 Å². The van der Waals surface area contributed by atoms with E-state index >= 15 is 0 Å². The van der Waals surface area contributed by atoms with Crippen LogP contribution in [-0.2, 0) is 4.79 Å². The molecule has 0 spiro atoms. The maximum absolute atomic E-state index is 12.1. The summed E-state index contributed by atoms with van der Waals surface area (Å²) in [4.78, 5) is 19.6. The van der Waals surface area contributed by atoms with Crippen LogP contribution in [0.3, 0.4) is 0 Å². The third-order valence-electron chi connectivity index (χ3n) is 3.37. The van der Waals surface area contributed by atoms with Gasteiger partial charge in [-0.1, -0.05) is 44.2 Å². The van der Waals surface area contributed by atoms with Gasteiger partial charge in [-0.25, -0.2) is 4.98 Å². The number of thiazole rings is 1. The Labute approximate surface area is 141 Å². The van der Waals surface area contributed by atoms with Crippen molar-refractivity contribution in [2.45, 2.75) is 19.8 Å². The van der Waals surface area contributed by atoms with Gasteiger partial charge in [0.25, 0.3) is 0 Å². The minimum absolute atomic E-state index is 0.0384. The number of benzene rings is 1. The number of carbonyl (C=O) groups excluding carboxylic acids is 1. The summed E-state index contributed by atoms with van der Waals surface area (Å²) in [5.41, 5.74) is 2.00. The number of carbonyl (C=O) groups is 1. The van der Waals surface area contributed by atoms with Gasteiger partial charge in [0.2, 0.25) is 5.91 Å². The summed E-state index contributed by atoms with van der Waals surface area (Å²) >= 11 is 1.52. The quantitative estimate of drug-likeness (QED) is 0.818. The van der Waals surface area contributed by atoms with Crippen LogP contribution in [0.1, 0.15) is 24.6 Å². The van der Waals surface area contributed by atoms with E-state index in [1.807, 2.05) is 30.3 Å². The molecule has 1 aromatic carbocycles. The van der Waals surface area contributed by atoms with E-state index in [4.69, 9.17) is 5.11 Å². The lowest BCUT2D eigenvalue weighted by molar-refractivity contribution is -0.117. The van der Waals surface area contributed by atoms with Gasteiger partial charge in [0.15, 0.2) is 5.13 Å². The Hall–Kier alpha value is -1.76. The number of amides is 1. The van der Waals surface area contributed by atoms with Crippen LogP contribution in [0.2, 0.25) is 0 Å². The van der Waals surface area contributed by atoms with E-state index in [0.29, 0.717) is 17.6 Å². The molecule has 1 amide bonds. The maximum Gasteiger partial charge on any atom is 0.240 e. The number of likely N-dealkylation sites (N-methyl/N-ethyl adjacent to an activating group) is 1. The lowest BCUT2D eigenvalue weighted by Crippen LogP contribution is -2.32. The van der Waals surface area contributed by atoms with Crippen LogP contribution >= 0.6 is 11.3 Å². The van der Waals surface area contributed by atoms with E-state index < -0.39 is 0 Å². The number of aliphatic hydroxyl groups excluding tert-OH is 1. The van der Waals surface area contributed by atoms with Gasteiger partial charge in [-0.15, -0.1) is 11.3 Å². The molecule has 0 aliphatic rings. The Morgan fingerprint density at radius 3 is 2.65 bits per heavy atom. The van der Waals surface area contributed by atoms with Crippen LogP contribution in [0, 0.1) is 0 Å². The molecule has 2 aromatic rings. The number of aromatic nitrogens is 1. The number of nitrogens with zero attached hydrogens (tertiary/aromatic N) is 2. The molecule has 0 aliphatic heterocycles. The fourth-order valence-electron chi connectivity index (χ4n) is 2.23. The molecule has 0 aliphatic carbocycles. The van der Waals surface area contributed by atoms with Crippen molar-refractivity contribution in [3.63, 3.8) is 0 Å². The molecule has 23 heavy (non-hydrogen) atoms. The number of aliphatic hydroxyl groups is 1. The summed E-state index contributed by atoms with van der Waals surface area (Å²) in [5.74, 6) is 0.218. The first-order valence-corrected chi connectivity index (χ1v) is 8.48. The lowest BCUT2D eigenvalue weighted by atomic mass is 10.1. The minimum atomic E-state index is -0.121. The summed E-state index contributed by atoms with van der Waals surface area (Å²) in [6.45, 7) is 4.99. The summed E-state index contributed by atoms with van der Waals surface area (Å²) in [5, 5.41) is 12.4. The molecule has 0 atom stereocenters. The number of rotatable bonds is 7. The van der Waals surface area contributed by atoms with E-state index in [1.54, 1.807) is 11.9 Å². The highest BCUT2D eigenvalue weighted by Crippen LogP contribution is 2.36. The molecule has 0 radical (unpaired) electrons. The largest absolute Gasteiger partial charge is 0.395 e. The molecule has 0 saturated heterocycles. The van der Waals surface area contributed by atoms with Gasteiger partial charge in [-0.3, -0.25) is 9.69 Å². The number of hydrogen-bond acceptors (Lipinski definition) is 5. The number of nitrogens with one attached hydrogen (secondary N) is 1. The first-order valence-electron chi connectivity index (χ1n) is 7.66. The van der Waals surface area contributed by atoms with Gasteiger partial charge in [0, 0.05) is 17.0 Å². The van der Waals surface area contributed by atoms with Gasteiger partial charge in [-0.05, 0) is 13.0 Å². The molecule has 1 aromatic heterocycles. The van der Waals surface area contributed by atoms with Crippen LogP contribution in [0.25, 0.3) is 11.3 Å². The Balaban J connectivity index is 2.16. The molecule has 2 N–H and O–H groups in total. The second kappa shape index (κ2) is 8.19. The fraction of sp³-hybridized carbons (Fsp3) is 0.412. The Kier molecular flexibility index (Phi) is 6.27. The lowest BCUT2D eigenvalue weighted by Gasteiger charge is -2.13. The summed E-state index contributed by atoms with van der Waals surface area (Å²) in [6.07, 6.45) is 0. The van der Waals surface area contributed by atoms with Gasteiger partial charge >= 0.3 is 0 Å². The third-order valence-corrected chi connectivity index (χ3v) is 4.64. The summed E-state index contributed by atoms with van der Waals surface area (Å²) < 4.78 is 0. The zero-order valence-electron chi connectivity index (χ0n) is 13.7. The van der Waals surface area contributed by atoms with Crippen LogP contribution in [0.5, 0.6) is 0 Å². The van der Waals surface area contributed by atoms with E-state index in [2.05, 4.69) is 24.1 Å². The van der Waals surface area contributed by atoms with E-state index in [1.165, 1.54) is 11.3 Å². The number of hydrogen-bond donors (Lipinski definition) is 2. The molecule has 5 nitrogen and oxygen atoms in total. The second-order valence-electron chi connectivity index (χ2n) is 5.76. The van der Waals surface area contributed by atoms with Crippen molar-refractivity contribution >= 4 is 22.4 Å². The second-order valence-corrected chi connectivity index (χ2v) is 6.79. The Morgan fingerprint density at radius 2 is 2.04 bits per heavy atom. The van der Waals surface area contributed by atoms with Crippen LogP contribution in [0.4, 0.5) is 5.13 Å². The van der Waals surface area contributed by atoms with Crippen LogP contribution in [0.15, 0.2) is 30.3 Å². The first kappa shape index (κ1) is 17.6. The maximum atomic E-state index is 12.1. The molecule has 0 unspecified atom stereocenters. The monoisotopic (exact) mass is 333 g/mol. The smallest absolute Gasteiger partial charge is 0.240 e. The molecule has 2 rings (SSSR count). The molecule has 0 saturated carbocycles. The number of anilines is 1. The minimum Gasteiger partial charge on any atom is -0.395 e. The fourth-order valence-corrected chi connectivity index (χ4v) is 3.24. The summed E-state index contributed by atoms with van der Waals surface area (Å²) in [6, 6.07) is 10.0. The van der Waals surface area contributed by atoms with Crippen molar-refractivity contribution in [2.75, 3.05) is 32.1 Å². The predicted molar refractivity (Wildman–Crippen MR) is 94.9 cm³/mol. The van der Waals surface area contributed by atoms with Crippen molar-refractivity contribution in [3.05, 3.63) is 35.2 Å². The SMILES string of the molecule is CC(C)c1sc(NC(=O)CN(C)CCO)nc1-c1ccccc1. The Morgan fingerprint density at radius 1 is 1.35 bits per heavy atom. The highest BCUT2D eigenvalue weighted by molar-refractivity contribution is 7.16. The van der Waals surface area contributed by atoms with Crippen LogP contribution in [-0.4, -0.2) is 47.6 Å². The normalized spacial score (nSPS) is 11.2. The van der Waals surface area contributed by atoms with Crippen molar-refractivity contribution < 1.29 is 9.90 Å². The van der Waals surface area contributed by atoms with Crippen molar-refractivity contribution in [1.29, 1.82) is 0 Å². The topological polar surface area (TPSA) is 65.5 Å². The predicted octanol–water partition coefficient (Wildman–Crippen LogP) is 2.80. The molecular weight excluding hydrogens is 310 g/mol. The first-order chi connectivity index (χ1) is 11.0. The standard InChI is InChI=1S/C17H23N3O2S/c1-12(2)16-15(13-7-5-4-6-8-13)19-17(23-16)18-14(22)11-20(3)9-10-21/h4-8,12,21H,9-11H2,1-3H3,(H,18,19,22). The van der Waals surface area contributed by atoms with Gasteiger partial charge in [0.1, 0.15) is 0 Å². The molecule has 124 valence electrons. The highest BCUT2D eigenvalue weighted by Gasteiger charge is 2.17. The average Bonchev–Trinajstić information content (AvgIpc) is 2.92. The van der Waals surface area contributed by atoms with E-state index in [9.17, 15) is 4.79 Å².